The van der Waals surface area contributed by atoms with E-state index in [1.807, 2.05) is 30.3 Å². The number of allylic oxidation sites excluding steroid dienone is 1. The second-order valence-electron chi connectivity index (χ2n) is 7.96. The summed E-state index contributed by atoms with van der Waals surface area (Å²) in [5.74, 6) is 1.37. The minimum Gasteiger partial charge on any atom is -0.466 e. The van der Waals surface area contributed by atoms with E-state index in [1.165, 1.54) is 0 Å². The number of para-hydroxylation sites is 1. The summed E-state index contributed by atoms with van der Waals surface area (Å²) in [6.45, 7) is 4.17. The van der Waals surface area contributed by atoms with E-state index in [2.05, 4.69) is 46.6 Å². The molecule has 0 amide bonds. The van der Waals surface area contributed by atoms with Crippen LogP contribution in [0.2, 0.25) is 0 Å². The third-order valence-corrected chi connectivity index (χ3v) is 6.09. The first kappa shape index (κ1) is 17.2. The molecule has 142 valence electrons. The molecule has 5 rings (SSSR count). The van der Waals surface area contributed by atoms with Crippen molar-refractivity contribution < 1.29 is 14.2 Å². The Morgan fingerprint density at radius 2 is 2.14 bits per heavy atom. The van der Waals surface area contributed by atoms with Gasteiger partial charge in [-0.3, -0.25) is 9.79 Å². The second-order valence-corrected chi connectivity index (χ2v) is 8.99. The van der Waals surface area contributed by atoms with Gasteiger partial charge in [-0.05, 0) is 35.8 Å². The number of carbonyl (C=O) groups excluding carboxylic acids is 1. The number of nitrogens with one attached hydrogen (secondary N) is 3. The number of aromatic nitrogens is 1. The molecule has 0 fully saturated rings. The summed E-state index contributed by atoms with van der Waals surface area (Å²) >= 11 is 1.59. The van der Waals surface area contributed by atoms with Crippen LogP contribution in [0.4, 0.5) is 5.13 Å². The molecule has 3 heterocycles. The van der Waals surface area contributed by atoms with E-state index in [9.17, 15) is 4.79 Å². The number of anilines is 1. The van der Waals surface area contributed by atoms with Gasteiger partial charge in [-0.2, -0.15) is 0 Å². The number of benzene rings is 1. The number of hydrogen-bond donors (Lipinski definition) is 3. The number of carbonyl (C=O) groups is 1. The van der Waals surface area contributed by atoms with E-state index in [-0.39, 0.29) is 23.2 Å². The standard InChI is InChI=1S/C21H20N4O2S/c1-21(2)10-13-17(14(26)11-21)18(15-7-5-9-27-15)24-19(22-13)25-20-23-12-6-3-4-8-16(12)28-20/h3-10,17-18H,11H2,1-2H3,(H2,22,23,24,25)/p+1. The van der Waals surface area contributed by atoms with Gasteiger partial charge in [0.2, 0.25) is 0 Å². The number of hydrogen-bond acceptors (Lipinski definition) is 6. The number of rotatable bonds is 2. The fourth-order valence-electron chi connectivity index (χ4n) is 4.00. The van der Waals surface area contributed by atoms with Crippen LogP contribution in [0.1, 0.15) is 32.1 Å². The molecule has 1 aliphatic heterocycles. The van der Waals surface area contributed by atoms with Crippen molar-refractivity contribution in [2.45, 2.75) is 26.3 Å². The van der Waals surface area contributed by atoms with Crippen molar-refractivity contribution in [1.82, 2.24) is 10.3 Å². The molecule has 0 saturated heterocycles. The van der Waals surface area contributed by atoms with Gasteiger partial charge < -0.3 is 4.42 Å². The predicted octanol–water partition coefficient (Wildman–Crippen LogP) is 2.58. The highest BCUT2D eigenvalue weighted by Crippen LogP contribution is 2.38. The molecular weight excluding hydrogens is 372 g/mol. The molecule has 2 atom stereocenters. The third-order valence-electron chi connectivity index (χ3n) is 5.14. The van der Waals surface area contributed by atoms with Crippen LogP contribution in [0, 0.1) is 11.3 Å². The van der Waals surface area contributed by atoms with Crippen LogP contribution >= 0.6 is 11.3 Å². The molecule has 0 spiro atoms. The summed E-state index contributed by atoms with van der Waals surface area (Å²) in [6.07, 6.45) is 4.32. The first-order chi connectivity index (χ1) is 13.5. The molecular formula is C21H21N4O2S+. The molecule has 0 radical (unpaired) electrons. The molecule has 3 N–H and O–H groups in total. The summed E-state index contributed by atoms with van der Waals surface area (Å²) in [5.41, 5.74) is 1.69. The lowest BCUT2D eigenvalue weighted by Crippen LogP contribution is -2.84. The lowest BCUT2D eigenvalue weighted by Gasteiger charge is -2.35. The molecule has 1 aromatic carbocycles. The van der Waals surface area contributed by atoms with Gasteiger partial charge >= 0.3 is 5.96 Å². The van der Waals surface area contributed by atoms with Crippen molar-refractivity contribution in [2.75, 3.05) is 5.32 Å². The maximum absolute atomic E-state index is 12.9. The number of ketones is 1. The highest BCUT2D eigenvalue weighted by molar-refractivity contribution is 7.22. The maximum Gasteiger partial charge on any atom is 0.355 e. The zero-order chi connectivity index (χ0) is 19.3. The molecule has 2 aliphatic rings. The van der Waals surface area contributed by atoms with Gasteiger partial charge in [0.15, 0.2) is 0 Å². The molecule has 0 saturated carbocycles. The number of nitrogens with zero attached hydrogens (tertiary/aromatic N) is 1. The smallest absolute Gasteiger partial charge is 0.355 e. The largest absolute Gasteiger partial charge is 0.466 e. The van der Waals surface area contributed by atoms with E-state index in [0.29, 0.717) is 12.4 Å². The first-order valence-electron chi connectivity index (χ1n) is 9.30. The first-order valence-corrected chi connectivity index (χ1v) is 10.1. The van der Waals surface area contributed by atoms with Crippen LogP contribution in [-0.2, 0) is 4.79 Å². The Labute approximate surface area is 166 Å². The monoisotopic (exact) mass is 393 g/mol. The molecule has 28 heavy (non-hydrogen) atoms. The summed E-state index contributed by atoms with van der Waals surface area (Å²) in [4.78, 5) is 21.0. The lowest BCUT2D eigenvalue weighted by atomic mass is 9.73. The SMILES string of the molecule is CC1(C)C=C2NC(Nc3nc4ccccc4s3)=[NH+]C(c3ccco3)C2C(=O)C1. The van der Waals surface area contributed by atoms with Gasteiger partial charge in [-0.1, -0.05) is 37.3 Å². The van der Waals surface area contributed by atoms with Crippen molar-refractivity contribution in [3.63, 3.8) is 0 Å². The molecule has 3 aromatic rings. The van der Waals surface area contributed by atoms with E-state index in [1.54, 1.807) is 17.6 Å². The van der Waals surface area contributed by atoms with Crippen molar-refractivity contribution in [3.05, 3.63) is 60.2 Å². The Bertz CT molecular complexity index is 1080. The number of fused-ring (bicyclic) bond motifs is 2. The zero-order valence-electron chi connectivity index (χ0n) is 15.7. The highest BCUT2D eigenvalue weighted by Gasteiger charge is 2.46. The van der Waals surface area contributed by atoms with Gasteiger partial charge in [0.25, 0.3) is 5.13 Å². The Balaban J connectivity index is 1.54. The van der Waals surface area contributed by atoms with Gasteiger partial charge in [0, 0.05) is 6.42 Å². The molecule has 1 aliphatic carbocycles. The summed E-state index contributed by atoms with van der Waals surface area (Å²) < 4.78 is 6.77. The zero-order valence-corrected chi connectivity index (χ0v) is 16.5. The van der Waals surface area contributed by atoms with E-state index in [0.717, 1.165) is 26.8 Å². The van der Waals surface area contributed by atoms with Crippen LogP contribution < -0.4 is 15.6 Å². The minimum absolute atomic E-state index is 0.179. The van der Waals surface area contributed by atoms with Crippen LogP contribution in [-0.4, -0.2) is 16.7 Å². The predicted molar refractivity (Wildman–Crippen MR) is 109 cm³/mol. The lowest BCUT2D eigenvalue weighted by molar-refractivity contribution is -0.525. The third kappa shape index (κ3) is 3.01. The summed E-state index contributed by atoms with van der Waals surface area (Å²) in [5, 5.41) is 7.52. The van der Waals surface area contributed by atoms with Crippen molar-refractivity contribution in [3.8, 4) is 0 Å². The van der Waals surface area contributed by atoms with Crippen molar-refractivity contribution >= 4 is 38.4 Å². The van der Waals surface area contributed by atoms with Gasteiger partial charge in [0.1, 0.15) is 23.5 Å². The number of furan rings is 1. The van der Waals surface area contributed by atoms with Gasteiger partial charge in [0.05, 0.1) is 22.2 Å². The summed E-state index contributed by atoms with van der Waals surface area (Å²) in [6, 6.07) is 11.5. The second kappa shape index (κ2) is 6.31. The number of thiazole rings is 1. The van der Waals surface area contributed by atoms with Crippen LogP contribution in [0.25, 0.3) is 10.2 Å². The van der Waals surface area contributed by atoms with Crippen LogP contribution in [0.15, 0.2) is 58.9 Å². The molecule has 6 nitrogen and oxygen atoms in total. The van der Waals surface area contributed by atoms with Crippen molar-refractivity contribution in [1.29, 1.82) is 0 Å². The molecule has 2 unspecified atom stereocenters. The number of guanidine groups is 1. The van der Waals surface area contributed by atoms with Crippen molar-refractivity contribution in [2.24, 2.45) is 11.3 Å². The quantitative estimate of drug-likeness (QED) is 0.624. The average molecular weight is 393 g/mol. The van der Waals surface area contributed by atoms with Crippen LogP contribution in [0.5, 0.6) is 0 Å². The highest BCUT2D eigenvalue weighted by atomic mass is 32.1. The number of Topliss-reactive ketones (excluding diaryl/α,β-unsaturated/α-hetero) is 1. The fourth-order valence-corrected chi connectivity index (χ4v) is 4.87. The Morgan fingerprint density at radius 1 is 1.29 bits per heavy atom. The van der Waals surface area contributed by atoms with Gasteiger partial charge in [-0.15, -0.1) is 0 Å². The Morgan fingerprint density at radius 3 is 2.93 bits per heavy atom. The van der Waals surface area contributed by atoms with Crippen LogP contribution in [0.3, 0.4) is 0 Å². The average Bonchev–Trinajstić information content (AvgIpc) is 3.29. The molecule has 2 aromatic heterocycles. The molecule has 0 bridgehead atoms. The Kier molecular flexibility index (Phi) is 3.87. The molecule has 7 heteroatoms. The topological polar surface area (TPSA) is 81.1 Å². The Hall–Kier alpha value is -2.93. The minimum atomic E-state index is -0.292. The summed E-state index contributed by atoms with van der Waals surface area (Å²) in [7, 11) is 0. The maximum atomic E-state index is 12.9. The van der Waals surface area contributed by atoms with E-state index >= 15 is 0 Å². The van der Waals surface area contributed by atoms with E-state index < -0.39 is 0 Å². The normalized spacial score (nSPS) is 23.6. The van der Waals surface area contributed by atoms with E-state index in [4.69, 9.17) is 4.42 Å². The van der Waals surface area contributed by atoms with Gasteiger partial charge in [-0.25, -0.2) is 15.6 Å². The fraction of sp³-hybridized carbons (Fsp3) is 0.286.